The molecule has 0 aromatic carbocycles. The molecule has 0 aliphatic carbocycles. The summed E-state index contributed by atoms with van der Waals surface area (Å²) in [5.41, 5.74) is 0.917. The number of carboxylic acids is 1. The first-order chi connectivity index (χ1) is 9.52. The van der Waals surface area contributed by atoms with E-state index >= 15 is 0 Å². The van der Waals surface area contributed by atoms with Crippen LogP contribution in [0.5, 0.6) is 0 Å². The van der Waals surface area contributed by atoms with E-state index in [0.29, 0.717) is 13.0 Å². The van der Waals surface area contributed by atoms with Gasteiger partial charge in [-0.25, -0.2) is 4.79 Å². The summed E-state index contributed by atoms with van der Waals surface area (Å²) in [5.74, 6) is -0.894. The van der Waals surface area contributed by atoms with Crippen molar-refractivity contribution >= 4 is 12.0 Å². The first kappa shape index (κ1) is 15.9. The summed E-state index contributed by atoms with van der Waals surface area (Å²) in [5, 5.41) is 14.2. The van der Waals surface area contributed by atoms with E-state index in [9.17, 15) is 9.59 Å². The van der Waals surface area contributed by atoms with Gasteiger partial charge in [-0.2, -0.15) is 0 Å². The normalized spacial score (nSPS) is 13.3. The van der Waals surface area contributed by atoms with E-state index in [0.717, 1.165) is 5.56 Å². The van der Waals surface area contributed by atoms with Crippen molar-refractivity contribution in [3.8, 4) is 0 Å². The van der Waals surface area contributed by atoms with Gasteiger partial charge < -0.3 is 15.7 Å². The molecule has 6 nitrogen and oxygen atoms in total. The highest BCUT2D eigenvalue weighted by molar-refractivity contribution is 5.74. The highest BCUT2D eigenvalue weighted by atomic mass is 16.4. The molecule has 3 N–H and O–H groups in total. The van der Waals surface area contributed by atoms with E-state index in [-0.39, 0.29) is 24.4 Å². The Labute approximate surface area is 118 Å². The zero-order valence-electron chi connectivity index (χ0n) is 11.8. The lowest BCUT2D eigenvalue weighted by Gasteiger charge is -2.17. The molecule has 20 heavy (non-hydrogen) atoms. The molecule has 0 aliphatic rings. The van der Waals surface area contributed by atoms with E-state index in [2.05, 4.69) is 15.6 Å². The van der Waals surface area contributed by atoms with Crippen LogP contribution in [0.4, 0.5) is 4.79 Å². The van der Waals surface area contributed by atoms with Crippen LogP contribution in [0.2, 0.25) is 0 Å². The number of carbonyl (C=O) groups is 2. The van der Waals surface area contributed by atoms with Crippen LogP contribution in [0.25, 0.3) is 0 Å². The number of aromatic nitrogens is 1. The number of amides is 2. The average molecular weight is 279 g/mol. The molecule has 1 heterocycles. The van der Waals surface area contributed by atoms with Gasteiger partial charge in [0.2, 0.25) is 0 Å². The molecule has 2 amide bonds. The molecule has 110 valence electrons. The van der Waals surface area contributed by atoms with Gasteiger partial charge in [0, 0.05) is 25.4 Å². The summed E-state index contributed by atoms with van der Waals surface area (Å²) in [7, 11) is 0. The lowest BCUT2D eigenvalue weighted by Crippen LogP contribution is -2.39. The molecule has 1 aromatic heterocycles. The lowest BCUT2D eigenvalue weighted by molar-refractivity contribution is -0.138. The minimum Gasteiger partial charge on any atom is -0.481 e. The molecule has 0 fully saturated rings. The fraction of sp³-hybridized carbons (Fsp3) is 0.500. The Morgan fingerprint density at radius 2 is 2.20 bits per heavy atom. The smallest absolute Gasteiger partial charge is 0.315 e. The van der Waals surface area contributed by atoms with Crippen LogP contribution < -0.4 is 10.6 Å². The molecule has 0 spiro atoms. The summed E-state index contributed by atoms with van der Waals surface area (Å²) in [4.78, 5) is 26.4. The molecule has 1 aromatic rings. The van der Waals surface area contributed by atoms with Gasteiger partial charge in [-0.15, -0.1) is 0 Å². The second-order valence-corrected chi connectivity index (χ2v) is 4.73. The quantitative estimate of drug-likeness (QED) is 0.711. The molecule has 0 bridgehead atoms. The largest absolute Gasteiger partial charge is 0.481 e. The Hall–Kier alpha value is -2.11. The second-order valence-electron chi connectivity index (χ2n) is 4.73. The number of carboxylic acid groups (broad SMARTS) is 1. The van der Waals surface area contributed by atoms with Gasteiger partial charge in [-0.1, -0.05) is 19.4 Å². The Balaban J connectivity index is 2.38. The third-order valence-electron chi connectivity index (χ3n) is 3.12. The fourth-order valence-corrected chi connectivity index (χ4v) is 1.81. The van der Waals surface area contributed by atoms with Crippen molar-refractivity contribution in [2.24, 2.45) is 5.92 Å². The van der Waals surface area contributed by atoms with Crippen molar-refractivity contribution in [2.45, 2.75) is 32.7 Å². The van der Waals surface area contributed by atoms with Gasteiger partial charge in [-0.3, -0.25) is 9.78 Å². The molecule has 2 atom stereocenters. The summed E-state index contributed by atoms with van der Waals surface area (Å²) in [6.45, 7) is 4.13. The molecule has 6 heteroatoms. The Bertz CT molecular complexity index is 437. The summed E-state index contributed by atoms with van der Waals surface area (Å²) in [6, 6.07) is 3.25. The number of nitrogens with one attached hydrogen (secondary N) is 2. The first-order valence-corrected chi connectivity index (χ1v) is 6.69. The molecule has 0 aliphatic heterocycles. The van der Waals surface area contributed by atoms with Gasteiger partial charge in [0.25, 0.3) is 0 Å². The van der Waals surface area contributed by atoms with Crippen molar-refractivity contribution in [1.29, 1.82) is 0 Å². The van der Waals surface area contributed by atoms with Crippen LogP contribution >= 0.6 is 0 Å². The zero-order valence-corrected chi connectivity index (χ0v) is 11.8. The van der Waals surface area contributed by atoms with Crippen LogP contribution in [0.1, 0.15) is 38.3 Å². The maximum atomic E-state index is 11.7. The number of hydrogen-bond donors (Lipinski definition) is 3. The minimum atomic E-state index is -0.845. The highest BCUT2D eigenvalue weighted by Crippen LogP contribution is 2.10. The molecule has 0 radical (unpaired) electrons. The third kappa shape index (κ3) is 5.69. The number of aliphatic carboxylic acids is 1. The van der Waals surface area contributed by atoms with Gasteiger partial charge >= 0.3 is 12.0 Å². The average Bonchev–Trinajstić information content (AvgIpc) is 2.44. The zero-order chi connectivity index (χ0) is 15.0. The molecule has 2 unspecified atom stereocenters. The van der Waals surface area contributed by atoms with Crippen molar-refractivity contribution in [3.63, 3.8) is 0 Å². The Morgan fingerprint density at radius 1 is 1.45 bits per heavy atom. The molecular weight excluding hydrogens is 258 g/mol. The van der Waals surface area contributed by atoms with E-state index in [1.807, 2.05) is 26.0 Å². The van der Waals surface area contributed by atoms with E-state index in [1.165, 1.54) is 0 Å². The molecule has 0 saturated carbocycles. The maximum absolute atomic E-state index is 11.7. The van der Waals surface area contributed by atoms with Crippen molar-refractivity contribution < 1.29 is 14.7 Å². The third-order valence-corrected chi connectivity index (χ3v) is 3.12. The van der Waals surface area contributed by atoms with Crippen LogP contribution in [0, 0.1) is 5.92 Å². The van der Waals surface area contributed by atoms with Gasteiger partial charge in [-0.05, 0) is 24.5 Å². The Morgan fingerprint density at radius 3 is 2.75 bits per heavy atom. The highest BCUT2D eigenvalue weighted by Gasteiger charge is 2.14. The second kappa shape index (κ2) is 8.14. The SMILES string of the molecule is CCC(CNC(=O)NC(C)c1cccnc1)CC(=O)O. The topological polar surface area (TPSA) is 91.3 Å². The predicted octanol–water partition coefficient (Wildman–Crippen LogP) is 1.94. The minimum absolute atomic E-state index is 0.0491. The lowest BCUT2D eigenvalue weighted by atomic mass is 10.0. The van der Waals surface area contributed by atoms with Crippen LogP contribution in [-0.2, 0) is 4.79 Å². The van der Waals surface area contributed by atoms with Crippen LogP contribution in [0.3, 0.4) is 0 Å². The number of hydrogen-bond acceptors (Lipinski definition) is 3. The van der Waals surface area contributed by atoms with E-state index in [1.54, 1.807) is 12.4 Å². The number of nitrogens with zero attached hydrogens (tertiary/aromatic N) is 1. The molecule has 1 rings (SSSR count). The van der Waals surface area contributed by atoms with Gasteiger partial charge in [0.1, 0.15) is 0 Å². The first-order valence-electron chi connectivity index (χ1n) is 6.69. The standard InChI is InChI=1S/C14H21N3O3/c1-3-11(7-13(18)19)8-16-14(20)17-10(2)12-5-4-6-15-9-12/h4-6,9-11H,3,7-8H2,1-2H3,(H,18,19)(H2,16,17,20). The van der Waals surface area contributed by atoms with Crippen LogP contribution in [-0.4, -0.2) is 28.6 Å². The number of urea groups is 1. The summed E-state index contributed by atoms with van der Waals surface area (Å²) >= 11 is 0. The number of carbonyl (C=O) groups excluding carboxylic acids is 1. The number of pyridine rings is 1. The fourth-order valence-electron chi connectivity index (χ4n) is 1.81. The predicted molar refractivity (Wildman–Crippen MR) is 75.2 cm³/mol. The van der Waals surface area contributed by atoms with Gasteiger partial charge in [0.15, 0.2) is 0 Å². The summed E-state index contributed by atoms with van der Waals surface area (Å²) in [6.07, 6.45) is 4.15. The monoisotopic (exact) mass is 279 g/mol. The van der Waals surface area contributed by atoms with Gasteiger partial charge in [0.05, 0.1) is 6.04 Å². The van der Waals surface area contributed by atoms with Crippen molar-refractivity contribution in [2.75, 3.05) is 6.54 Å². The summed E-state index contributed by atoms with van der Waals surface area (Å²) < 4.78 is 0. The maximum Gasteiger partial charge on any atom is 0.315 e. The van der Waals surface area contributed by atoms with Crippen LogP contribution in [0.15, 0.2) is 24.5 Å². The number of rotatable bonds is 7. The Kier molecular flexibility index (Phi) is 6.49. The molecule has 0 saturated heterocycles. The van der Waals surface area contributed by atoms with Crippen molar-refractivity contribution in [1.82, 2.24) is 15.6 Å². The van der Waals surface area contributed by atoms with Crippen molar-refractivity contribution in [3.05, 3.63) is 30.1 Å². The van der Waals surface area contributed by atoms with E-state index < -0.39 is 5.97 Å². The molecular formula is C14H21N3O3. The van der Waals surface area contributed by atoms with E-state index in [4.69, 9.17) is 5.11 Å².